The summed E-state index contributed by atoms with van der Waals surface area (Å²) >= 11 is 0. The molecule has 0 bridgehead atoms. The summed E-state index contributed by atoms with van der Waals surface area (Å²) in [7, 11) is 1.54. The van der Waals surface area contributed by atoms with E-state index in [4.69, 9.17) is 9.26 Å². The summed E-state index contributed by atoms with van der Waals surface area (Å²) in [5.74, 6) is -0.874. The van der Waals surface area contributed by atoms with Crippen LogP contribution in [0.5, 0.6) is 5.75 Å². The van der Waals surface area contributed by atoms with Crippen LogP contribution < -0.4 is 10.1 Å². The van der Waals surface area contributed by atoms with Crippen LogP contribution in [0, 0.1) is 24.2 Å². The van der Waals surface area contributed by atoms with Crippen molar-refractivity contribution >= 4 is 11.6 Å². The average Bonchev–Trinajstić information content (AvgIpc) is 2.94. The summed E-state index contributed by atoms with van der Waals surface area (Å²) in [5.41, 5.74) is 0.816. The Morgan fingerprint density at radius 3 is 2.64 bits per heavy atom. The van der Waals surface area contributed by atoms with E-state index in [1.165, 1.54) is 13.3 Å². The molecule has 2 rings (SSSR count). The van der Waals surface area contributed by atoms with Crippen molar-refractivity contribution in [3.63, 3.8) is 0 Å². The van der Waals surface area contributed by atoms with Crippen molar-refractivity contribution < 1.29 is 19.2 Å². The van der Waals surface area contributed by atoms with Gasteiger partial charge in [-0.05, 0) is 31.2 Å². The van der Waals surface area contributed by atoms with E-state index in [1.54, 1.807) is 37.3 Å². The molecule has 2 N–H and O–H groups in total. The smallest absolute Gasteiger partial charge is 0.244 e. The predicted octanol–water partition coefficient (Wildman–Crippen LogP) is 1.80. The highest BCUT2D eigenvalue weighted by Gasteiger charge is 2.30. The van der Waals surface area contributed by atoms with Gasteiger partial charge in [-0.25, -0.2) is 0 Å². The summed E-state index contributed by atoms with van der Waals surface area (Å²) in [5, 5.41) is 25.5. The number of carbonyl (C=O) groups is 1. The van der Waals surface area contributed by atoms with E-state index >= 15 is 0 Å². The molecular weight excluding hydrogens is 286 g/mol. The maximum absolute atomic E-state index is 12.2. The largest absolute Gasteiger partial charge is 0.497 e. The summed E-state index contributed by atoms with van der Waals surface area (Å²) in [6, 6.07) is 8.44. The molecule has 2 unspecified atom stereocenters. The van der Waals surface area contributed by atoms with E-state index in [-0.39, 0.29) is 0 Å². The highest BCUT2D eigenvalue weighted by molar-refractivity contribution is 5.94. The van der Waals surface area contributed by atoms with Crippen LogP contribution >= 0.6 is 0 Å². The van der Waals surface area contributed by atoms with Crippen LogP contribution in [-0.2, 0) is 4.79 Å². The fourth-order valence-electron chi connectivity index (χ4n) is 1.94. The van der Waals surface area contributed by atoms with Gasteiger partial charge in [0.15, 0.2) is 5.92 Å². The minimum atomic E-state index is -1.31. The van der Waals surface area contributed by atoms with Crippen LogP contribution in [0.3, 0.4) is 0 Å². The molecule has 0 spiro atoms. The lowest BCUT2D eigenvalue weighted by Crippen LogP contribution is -2.27. The lowest BCUT2D eigenvalue weighted by atomic mass is 9.97. The third kappa shape index (κ3) is 3.24. The highest BCUT2D eigenvalue weighted by Crippen LogP contribution is 2.26. The van der Waals surface area contributed by atoms with Crippen LogP contribution in [0.2, 0.25) is 0 Å². The zero-order valence-electron chi connectivity index (χ0n) is 12.1. The van der Waals surface area contributed by atoms with E-state index in [1.807, 2.05) is 0 Å². The Kier molecular flexibility index (Phi) is 4.76. The Hall–Kier alpha value is -2.85. The maximum atomic E-state index is 12.2. The van der Waals surface area contributed by atoms with Gasteiger partial charge in [0.1, 0.15) is 17.6 Å². The van der Waals surface area contributed by atoms with Crippen molar-refractivity contribution in [3.05, 3.63) is 41.8 Å². The SMILES string of the molecule is COc1ccc(NC(=O)C(C#N)C(O)c2cnoc2C)cc1. The quantitative estimate of drug-likeness (QED) is 0.871. The molecule has 114 valence electrons. The number of ether oxygens (including phenoxy) is 1. The molecule has 0 aliphatic heterocycles. The van der Waals surface area contributed by atoms with Crippen molar-refractivity contribution in [2.24, 2.45) is 5.92 Å². The molecule has 7 heteroatoms. The van der Waals surface area contributed by atoms with E-state index in [0.717, 1.165) is 0 Å². The van der Waals surface area contributed by atoms with Gasteiger partial charge in [0.05, 0.1) is 19.4 Å². The fraction of sp³-hybridized carbons (Fsp3) is 0.267. The van der Waals surface area contributed by atoms with Gasteiger partial charge in [0, 0.05) is 11.3 Å². The molecule has 22 heavy (non-hydrogen) atoms. The van der Waals surface area contributed by atoms with Gasteiger partial charge in [0.25, 0.3) is 0 Å². The molecule has 0 aliphatic rings. The number of methoxy groups -OCH3 is 1. The second kappa shape index (κ2) is 6.74. The van der Waals surface area contributed by atoms with Crippen LogP contribution in [-0.4, -0.2) is 23.3 Å². The lowest BCUT2D eigenvalue weighted by molar-refractivity contribution is -0.121. The molecule has 0 aliphatic carbocycles. The molecule has 7 nitrogen and oxygen atoms in total. The van der Waals surface area contributed by atoms with Gasteiger partial charge in [-0.15, -0.1) is 0 Å². The third-order valence-electron chi connectivity index (χ3n) is 3.20. The van der Waals surface area contributed by atoms with Crippen molar-refractivity contribution in [1.29, 1.82) is 5.26 Å². The number of anilines is 1. The molecule has 1 aromatic heterocycles. The summed E-state index contributed by atoms with van der Waals surface area (Å²) in [4.78, 5) is 12.2. The minimum absolute atomic E-state index is 0.316. The lowest BCUT2D eigenvalue weighted by Gasteiger charge is -2.15. The van der Waals surface area contributed by atoms with Gasteiger partial charge in [-0.2, -0.15) is 5.26 Å². The van der Waals surface area contributed by atoms with Crippen LogP contribution in [0.1, 0.15) is 17.4 Å². The fourth-order valence-corrected chi connectivity index (χ4v) is 1.94. The number of hydrogen-bond donors (Lipinski definition) is 2. The number of nitrogens with one attached hydrogen (secondary N) is 1. The Balaban J connectivity index is 2.12. The van der Waals surface area contributed by atoms with E-state index in [2.05, 4.69) is 10.5 Å². The van der Waals surface area contributed by atoms with Crippen molar-refractivity contribution in [2.45, 2.75) is 13.0 Å². The monoisotopic (exact) mass is 301 g/mol. The molecule has 1 aromatic carbocycles. The molecule has 0 radical (unpaired) electrons. The maximum Gasteiger partial charge on any atom is 0.244 e. The average molecular weight is 301 g/mol. The zero-order chi connectivity index (χ0) is 16.1. The number of aromatic nitrogens is 1. The number of aliphatic hydroxyl groups excluding tert-OH is 1. The molecule has 2 aromatic rings. The number of aryl methyl sites for hydroxylation is 1. The number of hydrogen-bond acceptors (Lipinski definition) is 6. The van der Waals surface area contributed by atoms with Crippen LogP contribution in [0.4, 0.5) is 5.69 Å². The number of nitrogens with zero attached hydrogens (tertiary/aromatic N) is 2. The second-order valence-corrected chi connectivity index (χ2v) is 4.61. The van der Waals surface area contributed by atoms with Crippen LogP contribution in [0.15, 0.2) is 35.0 Å². The Morgan fingerprint density at radius 2 is 2.14 bits per heavy atom. The third-order valence-corrected chi connectivity index (χ3v) is 3.20. The summed E-state index contributed by atoms with van der Waals surface area (Å²) < 4.78 is 9.86. The molecule has 2 atom stereocenters. The van der Waals surface area contributed by atoms with Gasteiger partial charge >= 0.3 is 0 Å². The second-order valence-electron chi connectivity index (χ2n) is 4.61. The topological polar surface area (TPSA) is 108 Å². The standard InChI is InChI=1S/C15H15N3O4/c1-9-13(8-17-22-9)14(19)12(7-16)15(20)18-10-3-5-11(21-2)6-4-10/h3-6,8,12,14,19H,1-2H3,(H,18,20). The molecule has 0 saturated heterocycles. The van der Waals surface area contributed by atoms with Crippen molar-refractivity contribution in [2.75, 3.05) is 12.4 Å². The van der Waals surface area contributed by atoms with E-state index in [0.29, 0.717) is 22.8 Å². The first kappa shape index (κ1) is 15.5. The van der Waals surface area contributed by atoms with Gasteiger partial charge in [0.2, 0.25) is 5.91 Å². The first-order valence-corrected chi connectivity index (χ1v) is 6.50. The molecule has 0 fully saturated rings. The van der Waals surface area contributed by atoms with E-state index in [9.17, 15) is 15.2 Å². The first-order chi connectivity index (χ1) is 10.6. The molecular formula is C15H15N3O4. The van der Waals surface area contributed by atoms with Crippen molar-refractivity contribution in [3.8, 4) is 11.8 Å². The first-order valence-electron chi connectivity index (χ1n) is 6.50. The highest BCUT2D eigenvalue weighted by atomic mass is 16.5. The van der Waals surface area contributed by atoms with E-state index < -0.39 is 17.9 Å². The van der Waals surface area contributed by atoms with Gasteiger partial charge in [-0.1, -0.05) is 5.16 Å². The molecule has 1 heterocycles. The Morgan fingerprint density at radius 1 is 1.45 bits per heavy atom. The number of nitriles is 1. The zero-order valence-corrected chi connectivity index (χ0v) is 12.1. The molecule has 1 amide bonds. The number of benzene rings is 1. The van der Waals surface area contributed by atoms with Gasteiger partial charge in [-0.3, -0.25) is 4.79 Å². The Bertz CT molecular complexity index is 688. The molecule has 0 saturated carbocycles. The van der Waals surface area contributed by atoms with Gasteiger partial charge < -0.3 is 19.7 Å². The predicted molar refractivity (Wildman–Crippen MR) is 76.9 cm³/mol. The van der Waals surface area contributed by atoms with Crippen LogP contribution in [0.25, 0.3) is 0 Å². The number of carbonyl (C=O) groups excluding carboxylic acids is 1. The minimum Gasteiger partial charge on any atom is -0.497 e. The normalized spacial score (nSPS) is 13.0. The van der Waals surface area contributed by atoms with Crippen molar-refractivity contribution in [1.82, 2.24) is 5.16 Å². The summed E-state index contributed by atoms with van der Waals surface area (Å²) in [6.45, 7) is 1.60. The Labute approximate surface area is 127 Å². The summed E-state index contributed by atoms with van der Waals surface area (Å²) in [6.07, 6.45) is -0.0140. The number of aliphatic hydroxyl groups is 1. The number of rotatable bonds is 5. The number of amides is 1.